The quantitative estimate of drug-likeness (QED) is 0.875. The molecule has 0 unspecified atom stereocenters. The summed E-state index contributed by atoms with van der Waals surface area (Å²) in [6, 6.07) is 6.30. The van der Waals surface area contributed by atoms with E-state index in [1.165, 1.54) is 24.0 Å². The molecule has 1 fully saturated rings. The van der Waals surface area contributed by atoms with Gasteiger partial charge in [0.15, 0.2) is 0 Å². The summed E-state index contributed by atoms with van der Waals surface area (Å²) in [5.74, 6) is 0.723. The fourth-order valence-corrected chi connectivity index (χ4v) is 3.63. The molecule has 1 aromatic carbocycles. The number of hydrogen-bond donors (Lipinski definition) is 2. The third-order valence-electron chi connectivity index (χ3n) is 4.71. The van der Waals surface area contributed by atoms with Gasteiger partial charge in [-0.15, -0.1) is 0 Å². The molecule has 0 radical (unpaired) electrons. The second kappa shape index (κ2) is 4.64. The Labute approximate surface area is 114 Å². The molecule has 0 heterocycles. The van der Waals surface area contributed by atoms with Crippen LogP contribution >= 0.6 is 0 Å². The molecule has 0 saturated heterocycles. The second-order valence-electron chi connectivity index (χ2n) is 6.29. The lowest BCUT2D eigenvalue weighted by molar-refractivity contribution is -0.132. The molecule has 0 bridgehead atoms. The third-order valence-corrected chi connectivity index (χ3v) is 4.71. The van der Waals surface area contributed by atoms with Crippen LogP contribution in [0.2, 0.25) is 0 Å². The van der Waals surface area contributed by atoms with Crippen molar-refractivity contribution in [3.63, 3.8) is 0 Å². The fraction of sp³-hybridized carbons (Fsp3) is 0.562. The zero-order chi connectivity index (χ0) is 13.5. The van der Waals surface area contributed by atoms with Gasteiger partial charge < -0.3 is 11.1 Å². The van der Waals surface area contributed by atoms with Gasteiger partial charge in [-0.05, 0) is 61.3 Å². The van der Waals surface area contributed by atoms with Crippen molar-refractivity contribution in [1.29, 1.82) is 0 Å². The number of nitrogens with two attached hydrogens (primary N) is 1. The van der Waals surface area contributed by atoms with E-state index in [1.54, 1.807) is 0 Å². The monoisotopic (exact) mass is 258 g/mol. The van der Waals surface area contributed by atoms with Gasteiger partial charge in [-0.25, -0.2) is 0 Å². The van der Waals surface area contributed by atoms with Crippen molar-refractivity contribution in [1.82, 2.24) is 0 Å². The molecule has 0 aliphatic heterocycles. The van der Waals surface area contributed by atoms with Crippen LogP contribution in [-0.2, 0) is 17.6 Å². The van der Waals surface area contributed by atoms with Gasteiger partial charge in [0, 0.05) is 12.2 Å². The van der Waals surface area contributed by atoms with Gasteiger partial charge in [-0.2, -0.15) is 0 Å². The van der Waals surface area contributed by atoms with Gasteiger partial charge in [0.05, 0.1) is 5.41 Å². The lowest BCUT2D eigenvalue weighted by Crippen LogP contribution is -2.51. The van der Waals surface area contributed by atoms with Gasteiger partial charge in [0.2, 0.25) is 5.91 Å². The smallest absolute Gasteiger partial charge is 0.231 e. The summed E-state index contributed by atoms with van der Waals surface area (Å²) in [5.41, 5.74) is 9.25. The van der Waals surface area contributed by atoms with Crippen molar-refractivity contribution < 1.29 is 4.79 Å². The van der Waals surface area contributed by atoms with Gasteiger partial charge in [-0.3, -0.25) is 4.79 Å². The molecule has 1 aromatic rings. The number of carbonyl (C=O) groups is 1. The first-order valence-corrected chi connectivity index (χ1v) is 7.26. The summed E-state index contributed by atoms with van der Waals surface area (Å²) in [4.78, 5) is 12.4. The third kappa shape index (κ3) is 2.16. The molecule has 1 saturated carbocycles. The highest BCUT2D eigenvalue weighted by Crippen LogP contribution is 2.45. The summed E-state index contributed by atoms with van der Waals surface area (Å²) in [7, 11) is 0. The van der Waals surface area contributed by atoms with Crippen LogP contribution in [0.3, 0.4) is 0 Å². The number of rotatable bonds is 3. The Bertz CT molecular complexity index is 503. The van der Waals surface area contributed by atoms with Crippen LogP contribution < -0.4 is 11.1 Å². The number of nitrogens with one attached hydrogen (secondary N) is 1. The molecule has 3 N–H and O–H groups in total. The maximum Gasteiger partial charge on any atom is 0.231 e. The number of hydrogen-bond acceptors (Lipinski definition) is 2. The lowest BCUT2D eigenvalue weighted by Gasteiger charge is -2.44. The van der Waals surface area contributed by atoms with Crippen molar-refractivity contribution in [3.05, 3.63) is 29.3 Å². The Kier molecular flexibility index (Phi) is 3.09. The fourth-order valence-electron chi connectivity index (χ4n) is 3.63. The highest BCUT2D eigenvalue weighted by molar-refractivity contribution is 5.96. The topological polar surface area (TPSA) is 55.1 Å². The molecule has 2 aliphatic rings. The van der Waals surface area contributed by atoms with Gasteiger partial charge >= 0.3 is 0 Å². The Morgan fingerprint density at radius 2 is 2.11 bits per heavy atom. The van der Waals surface area contributed by atoms with Crippen LogP contribution in [0.15, 0.2) is 18.2 Å². The minimum Gasteiger partial charge on any atom is -0.329 e. The van der Waals surface area contributed by atoms with Crippen molar-refractivity contribution in [2.24, 2.45) is 17.1 Å². The zero-order valence-corrected chi connectivity index (χ0v) is 11.5. The van der Waals surface area contributed by atoms with Gasteiger partial charge in [0.25, 0.3) is 0 Å². The Balaban J connectivity index is 1.73. The summed E-state index contributed by atoms with van der Waals surface area (Å²) in [6.45, 7) is 2.63. The zero-order valence-electron chi connectivity index (χ0n) is 11.5. The normalized spacial score (nSPS) is 28.6. The average Bonchev–Trinajstić information content (AvgIpc) is 2.81. The van der Waals surface area contributed by atoms with Crippen LogP contribution in [0, 0.1) is 11.3 Å². The Morgan fingerprint density at radius 3 is 2.79 bits per heavy atom. The van der Waals surface area contributed by atoms with E-state index >= 15 is 0 Å². The summed E-state index contributed by atoms with van der Waals surface area (Å²) in [5, 5.41) is 3.07. The van der Waals surface area contributed by atoms with E-state index in [1.807, 2.05) is 6.07 Å². The van der Waals surface area contributed by atoms with Crippen LogP contribution in [0.4, 0.5) is 5.69 Å². The van der Waals surface area contributed by atoms with E-state index in [0.29, 0.717) is 12.5 Å². The molecule has 1 amide bonds. The first-order valence-electron chi connectivity index (χ1n) is 7.26. The SMILES string of the molecule is CC1CC(CN)(C(=O)Nc2ccc3c(c2)CCC3)C1. The lowest BCUT2D eigenvalue weighted by atomic mass is 9.62. The Morgan fingerprint density at radius 1 is 1.37 bits per heavy atom. The van der Waals surface area contributed by atoms with E-state index in [9.17, 15) is 4.79 Å². The van der Waals surface area contributed by atoms with E-state index in [0.717, 1.165) is 24.9 Å². The van der Waals surface area contributed by atoms with E-state index in [2.05, 4.69) is 24.4 Å². The van der Waals surface area contributed by atoms with Gasteiger partial charge in [-0.1, -0.05) is 13.0 Å². The number of anilines is 1. The van der Waals surface area contributed by atoms with Crippen molar-refractivity contribution >= 4 is 11.6 Å². The predicted molar refractivity (Wildman–Crippen MR) is 77.0 cm³/mol. The maximum absolute atomic E-state index is 12.4. The molecule has 0 spiro atoms. The molecular weight excluding hydrogens is 236 g/mol. The van der Waals surface area contributed by atoms with Crippen molar-refractivity contribution in [2.45, 2.75) is 39.0 Å². The maximum atomic E-state index is 12.4. The molecule has 102 valence electrons. The number of aryl methyl sites for hydroxylation is 2. The predicted octanol–water partition coefficient (Wildman–Crippen LogP) is 2.49. The van der Waals surface area contributed by atoms with Crippen LogP contribution in [-0.4, -0.2) is 12.5 Å². The molecule has 0 atom stereocenters. The summed E-state index contributed by atoms with van der Waals surface area (Å²) >= 11 is 0. The van der Waals surface area contributed by atoms with Crippen molar-refractivity contribution in [2.75, 3.05) is 11.9 Å². The van der Waals surface area contributed by atoms with Crippen LogP contribution in [0.1, 0.15) is 37.3 Å². The first-order chi connectivity index (χ1) is 9.13. The van der Waals surface area contributed by atoms with Crippen molar-refractivity contribution in [3.8, 4) is 0 Å². The molecular formula is C16H22N2O. The Hall–Kier alpha value is -1.35. The first kappa shape index (κ1) is 12.7. The number of fused-ring (bicyclic) bond motifs is 1. The number of carbonyl (C=O) groups excluding carboxylic acids is 1. The molecule has 2 aliphatic carbocycles. The number of benzene rings is 1. The molecule has 0 aromatic heterocycles. The number of amides is 1. The van der Waals surface area contributed by atoms with E-state index in [4.69, 9.17) is 5.73 Å². The average molecular weight is 258 g/mol. The summed E-state index contributed by atoms with van der Waals surface area (Å²) < 4.78 is 0. The molecule has 3 rings (SSSR count). The minimum atomic E-state index is -0.321. The largest absolute Gasteiger partial charge is 0.329 e. The van der Waals surface area contributed by atoms with E-state index < -0.39 is 0 Å². The standard InChI is InChI=1S/C16H22N2O/c1-11-8-16(9-11,10-17)15(19)18-14-6-5-12-3-2-4-13(12)7-14/h5-7,11H,2-4,8-10,17H2,1H3,(H,18,19). The minimum absolute atomic E-state index is 0.103. The highest BCUT2D eigenvalue weighted by atomic mass is 16.2. The summed E-state index contributed by atoms with van der Waals surface area (Å²) in [6.07, 6.45) is 5.38. The second-order valence-corrected chi connectivity index (χ2v) is 6.29. The highest BCUT2D eigenvalue weighted by Gasteiger charge is 2.47. The van der Waals surface area contributed by atoms with Crippen LogP contribution in [0.25, 0.3) is 0 Å². The van der Waals surface area contributed by atoms with E-state index in [-0.39, 0.29) is 11.3 Å². The van der Waals surface area contributed by atoms with Crippen LogP contribution in [0.5, 0.6) is 0 Å². The van der Waals surface area contributed by atoms with Gasteiger partial charge in [0.1, 0.15) is 0 Å². The molecule has 19 heavy (non-hydrogen) atoms. The molecule has 3 nitrogen and oxygen atoms in total. The molecule has 3 heteroatoms.